The smallest absolute Gasteiger partial charge is 0.250 e. The number of hydrogen-bond donors (Lipinski definition) is 1. The van der Waals surface area contributed by atoms with Gasteiger partial charge in [-0.3, -0.25) is 29.4 Å². The van der Waals surface area contributed by atoms with E-state index in [4.69, 9.17) is 0 Å². The molecule has 1 N–H and O–H groups in total. The van der Waals surface area contributed by atoms with E-state index in [1.54, 1.807) is 0 Å². The first-order valence-electron chi connectivity index (χ1n) is 5.78. The number of carbonyl (C=O) groups is 4. The summed E-state index contributed by atoms with van der Waals surface area (Å²) in [6.07, 6.45) is 1.95. The lowest BCUT2D eigenvalue weighted by Crippen LogP contribution is -2.53. The summed E-state index contributed by atoms with van der Waals surface area (Å²) in [5.41, 5.74) is 0. The molecular weight excluding hydrogens is 224 g/mol. The molecule has 3 unspecified atom stereocenters. The van der Waals surface area contributed by atoms with Gasteiger partial charge in [-0.25, -0.2) is 0 Å². The van der Waals surface area contributed by atoms with E-state index in [-0.39, 0.29) is 30.1 Å². The number of nitrogens with one attached hydrogen (secondary N) is 1. The first kappa shape index (κ1) is 10.4. The average Bonchev–Trinajstić information content (AvgIpc) is 2.83. The molecule has 0 spiro atoms. The molecule has 1 aliphatic carbocycles. The Hall–Kier alpha value is -1.72. The molecule has 6 nitrogen and oxygen atoms in total. The van der Waals surface area contributed by atoms with Crippen LogP contribution in [0.25, 0.3) is 0 Å². The van der Waals surface area contributed by atoms with Gasteiger partial charge in [0.1, 0.15) is 6.04 Å². The molecule has 2 saturated heterocycles. The summed E-state index contributed by atoms with van der Waals surface area (Å²) in [7, 11) is 0. The summed E-state index contributed by atoms with van der Waals surface area (Å²) in [5.74, 6) is -1.78. The van der Waals surface area contributed by atoms with Crippen LogP contribution in [0, 0.1) is 11.8 Å². The monoisotopic (exact) mass is 236 g/mol. The van der Waals surface area contributed by atoms with Crippen molar-refractivity contribution in [3.05, 3.63) is 0 Å². The van der Waals surface area contributed by atoms with E-state index in [1.165, 1.54) is 0 Å². The zero-order valence-corrected chi connectivity index (χ0v) is 9.14. The SMILES string of the molecule is O=C1CC(N2C(=O)C3CCC(C3)C2=O)C(=O)N1. The van der Waals surface area contributed by atoms with Crippen LogP contribution in [0.2, 0.25) is 0 Å². The van der Waals surface area contributed by atoms with Crippen LogP contribution >= 0.6 is 0 Å². The Kier molecular flexibility index (Phi) is 2.08. The van der Waals surface area contributed by atoms with Gasteiger partial charge in [0.05, 0.1) is 6.42 Å². The second kappa shape index (κ2) is 3.38. The number of piperidine rings is 1. The van der Waals surface area contributed by atoms with Crippen LogP contribution < -0.4 is 5.32 Å². The second-order valence-electron chi connectivity index (χ2n) is 4.89. The van der Waals surface area contributed by atoms with Crippen molar-refractivity contribution >= 4 is 23.6 Å². The Morgan fingerprint density at radius 2 is 1.59 bits per heavy atom. The van der Waals surface area contributed by atoms with E-state index >= 15 is 0 Å². The predicted molar refractivity (Wildman–Crippen MR) is 54.2 cm³/mol. The van der Waals surface area contributed by atoms with Gasteiger partial charge in [-0.1, -0.05) is 0 Å². The molecule has 6 heteroatoms. The van der Waals surface area contributed by atoms with E-state index < -0.39 is 17.9 Å². The average molecular weight is 236 g/mol. The minimum absolute atomic E-state index is 0.0875. The molecule has 2 bridgehead atoms. The first-order chi connectivity index (χ1) is 8.08. The third-order valence-corrected chi connectivity index (χ3v) is 3.86. The molecule has 0 aromatic heterocycles. The molecule has 2 aliphatic heterocycles. The van der Waals surface area contributed by atoms with Crippen molar-refractivity contribution in [1.82, 2.24) is 10.2 Å². The molecule has 3 rings (SSSR count). The molecule has 0 radical (unpaired) electrons. The topological polar surface area (TPSA) is 83.6 Å². The summed E-state index contributed by atoms with van der Waals surface area (Å²) in [5, 5.41) is 2.13. The maximum Gasteiger partial charge on any atom is 0.250 e. The lowest BCUT2D eigenvalue weighted by Gasteiger charge is -2.32. The van der Waals surface area contributed by atoms with Gasteiger partial charge < -0.3 is 0 Å². The van der Waals surface area contributed by atoms with Crippen molar-refractivity contribution in [2.24, 2.45) is 11.8 Å². The van der Waals surface area contributed by atoms with Gasteiger partial charge in [-0.05, 0) is 19.3 Å². The fourth-order valence-electron chi connectivity index (χ4n) is 2.99. The van der Waals surface area contributed by atoms with Gasteiger partial charge >= 0.3 is 0 Å². The van der Waals surface area contributed by atoms with Gasteiger partial charge in [0.2, 0.25) is 23.6 Å². The van der Waals surface area contributed by atoms with E-state index in [0.717, 1.165) is 4.90 Å². The fraction of sp³-hybridized carbons (Fsp3) is 0.636. The maximum absolute atomic E-state index is 12.0. The summed E-state index contributed by atoms with van der Waals surface area (Å²) in [4.78, 5) is 47.8. The maximum atomic E-state index is 12.0. The second-order valence-corrected chi connectivity index (χ2v) is 4.89. The van der Waals surface area contributed by atoms with E-state index in [9.17, 15) is 19.2 Å². The zero-order valence-electron chi connectivity index (χ0n) is 9.14. The van der Waals surface area contributed by atoms with Crippen molar-refractivity contribution in [3.63, 3.8) is 0 Å². The Bertz CT molecular complexity index is 423. The number of hydrogen-bond acceptors (Lipinski definition) is 4. The zero-order chi connectivity index (χ0) is 12.2. The molecule has 3 atom stereocenters. The van der Waals surface area contributed by atoms with Crippen molar-refractivity contribution < 1.29 is 19.2 Å². The Morgan fingerprint density at radius 1 is 1.00 bits per heavy atom. The van der Waals surface area contributed by atoms with E-state index in [2.05, 4.69) is 5.32 Å². The molecule has 2 heterocycles. The minimum atomic E-state index is -0.911. The molecule has 3 fully saturated rings. The summed E-state index contributed by atoms with van der Waals surface area (Å²) >= 11 is 0. The number of rotatable bonds is 1. The number of nitrogens with zero attached hydrogens (tertiary/aromatic N) is 1. The quantitative estimate of drug-likeness (QED) is 0.603. The highest BCUT2D eigenvalue weighted by Crippen LogP contribution is 2.39. The normalized spacial score (nSPS) is 36.7. The van der Waals surface area contributed by atoms with Gasteiger partial charge in [0.15, 0.2) is 0 Å². The third kappa shape index (κ3) is 1.40. The van der Waals surface area contributed by atoms with Crippen LogP contribution in [0.3, 0.4) is 0 Å². The lowest BCUT2D eigenvalue weighted by atomic mass is 9.95. The Labute approximate surface area is 97.3 Å². The van der Waals surface area contributed by atoms with Crippen molar-refractivity contribution in [3.8, 4) is 0 Å². The number of imide groups is 2. The van der Waals surface area contributed by atoms with Crippen LogP contribution in [0.5, 0.6) is 0 Å². The molecular formula is C11H12N2O4. The van der Waals surface area contributed by atoms with Crippen molar-refractivity contribution in [1.29, 1.82) is 0 Å². The third-order valence-electron chi connectivity index (χ3n) is 3.86. The Morgan fingerprint density at radius 3 is 2.06 bits per heavy atom. The number of fused-ring (bicyclic) bond motifs is 2. The first-order valence-corrected chi connectivity index (χ1v) is 5.78. The number of carbonyl (C=O) groups excluding carboxylic acids is 4. The molecule has 0 aromatic carbocycles. The van der Waals surface area contributed by atoms with Crippen LogP contribution in [0.15, 0.2) is 0 Å². The van der Waals surface area contributed by atoms with Crippen LogP contribution in [0.4, 0.5) is 0 Å². The summed E-state index contributed by atoms with van der Waals surface area (Å²) < 4.78 is 0. The summed E-state index contributed by atoms with van der Waals surface area (Å²) in [6, 6.07) is -0.911. The molecule has 90 valence electrons. The van der Waals surface area contributed by atoms with Crippen LogP contribution in [-0.2, 0) is 19.2 Å². The molecule has 4 amide bonds. The Balaban J connectivity index is 1.92. The fourth-order valence-corrected chi connectivity index (χ4v) is 2.99. The van der Waals surface area contributed by atoms with Gasteiger partial charge in [0.25, 0.3) is 0 Å². The van der Waals surface area contributed by atoms with Crippen LogP contribution in [0.1, 0.15) is 25.7 Å². The molecule has 0 aromatic rings. The lowest BCUT2D eigenvalue weighted by molar-refractivity contribution is -0.158. The molecule has 3 aliphatic rings. The number of likely N-dealkylation sites (tertiary alicyclic amines) is 1. The predicted octanol–water partition coefficient (Wildman–Crippen LogP) is -0.813. The van der Waals surface area contributed by atoms with Crippen LogP contribution in [-0.4, -0.2) is 34.6 Å². The highest BCUT2D eigenvalue weighted by atomic mass is 16.2. The van der Waals surface area contributed by atoms with Gasteiger partial charge in [0, 0.05) is 11.8 Å². The summed E-state index contributed by atoms with van der Waals surface area (Å²) in [6.45, 7) is 0. The highest BCUT2D eigenvalue weighted by Gasteiger charge is 2.51. The van der Waals surface area contributed by atoms with Crippen molar-refractivity contribution in [2.75, 3.05) is 0 Å². The standard InChI is InChI=1S/C11H12N2O4/c14-8-4-7(9(15)12-8)13-10(16)5-1-2-6(3-5)11(13)17/h5-7H,1-4H2,(H,12,14,15). The largest absolute Gasteiger partial charge is 0.295 e. The van der Waals surface area contributed by atoms with Gasteiger partial charge in [-0.2, -0.15) is 0 Å². The van der Waals surface area contributed by atoms with E-state index in [1.807, 2.05) is 0 Å². The van der Waals surface area contributed by atoms with E-state index in [0.29, 0.717) is 19.3 Å². The van der Waals surface area contributed by atoms with Gasteiger partial charge in [-0.15, -0.1) is 0 Å². The minimum Gasteiger partial charge on any atom is -0.295 e. The molecule has 17 heavy (non-hydrogen) atoms. The molecule has 1 saturated carbocycles. The highest BCUT2D eigenvalue weighted by molar-refractivity contribution is 6.11. The van der Waals surface area contributed by atoms with Crippen molar-refractivity contribution in [2.45, 2.75) is 31.7 Å². The number of amides is 4.